The van der Waals surface area contributed by atoms with Crippen LogP contribution in [-0.4, -0.2) is 29.9 Å². The van der Waals surface area contributed by atoms with E-state index in [1.807, 2.05) is 49.4 Å². The number of halogens is 1. The minimum absolute atomic E-state index is 0.191. The Labute approximate surface area is 217 Å². The van der Waals surface area contributed by atoms with Gasteiger partial charge in [0.2, 0.25) is 6.17 Å². The van der Waals surface area contributed by atoms with Crippen molar-refractivity contribution in [2.45, 2.75) is 13.1 Å². The number of hydrogen-bond acceptors (Lipinski definition) is 5. The van der Waals surface area contributed by atoms with Crippen LogP contribution in [0.1, 0.15) is 16.7 Å². The maximum atomic E-state index is 13.4. The van der Waals surface area contributed by atoms with Gasteiger partial charge < -0.3 is 20.0 Å². The van der Waals surface area contributed by atoms with E-state index in [4.69, 9.17) is 33.2 Å². The topological polar surface area (TPSA) is 86.9 Å². The molecule has 9 heteroatoms. The summed E-state index contributed by atoms with van der Waals surface area (Å²) in [5.74, 6) is -0.284. The Morgan fingerprint density at radius 2 is 1.83 bits per heavy atom. The highest BCUT2D eigenvalue weighted by atomic mass is 35.5. The van der Waals surface area contributed by atoms with Gasteiger partial charge >= 0.3 is 5.63 Å². The molecule has 0 spiro atoms. The molecule has 0 radical (unpaired) electrons. The molecule has 3 aromatic carbocycles. The SMILES string of the molecule is Cc1cc(=O)oc2cc(NC(=S)NC3N=C(c4ccccc4)c4cc(Cl)ccc4N(C)C3=O)ccc12. The van der Waals surface area contributed by atoms with Gasteiger partial charge in [0.25, 0.3) is 5.91 Å². The average molecular weight is 517 g/mol. The summed E-state index contributed by atoms with van der Waals surface area (Å²) in [5, 5.41) is 7.64. The lowest BCUT2D eigenvalue weighted by atomic mass is 10.0. The Hall–Kier alpha value is -4.01. The van der Waals surface area contributed by atoms with Crippen LogP contribution in [0.5, 0.6) is 0 Å². The van der Waals surface area contributed by atoms with Crippen molar-refractivity contribution >= 4 is 62.9 Å². The molecule has 1 atom stereocenters. The highest BCUT2D eigenvalue weighted by molar-refractivity contribution is 7.80. The molecular weight excluding hydrogens is 496 g/mol. The van der Waals surface area contributed by atoms with Gasteiger partial charge in [0.05, 0.1) is 11.4 Å². The van der Waals surface area contributed by atoms with Crippen LogP contribution in [0.2, 0.25) is 5.02 Å². The van der Waals surface area contributed by atoms with Gasteiger partial charge in [-0.15, -0.1) is 0 Å². The Balaban J connectivity index is 1.48. The molecule has 2 N–H and O–H groups in total. The standard InChI is InChI=1S/C27H21ClN4O3S/c1-15-12-23(33)35-22-14-18(9-10-19(15)22)29-27(36)31-25-26(34)32(2)21-11-8-17(28)13-20(21)24(30-25)16-6-4-3-5-7-16/h3-14,25H,1-2H3,(H2,29,31,36). The number of nitrogens with one attached hydrogen (secondary N) is 2. The third-order valence-electron chi connectivity index (χ3n) is 5.92. The highest BCUT2D eigenvalue weighted by Crippen LogP contribution is 2.30. The van der Waals surface area contributed by atoms with E-state index in [9.17, 15) is 9.59 Å². The van der Waals surface area contributed by atoms with Crippen molar-refractivity contribution in [1.82, 2.24) is 5.32 Å². The Bertz CT molecular complexity index is 1600. The maximum Gasteiger partial charge on any atom is 0.336 e. The van der Waals surface area contributed by atoms with Crippen molar-refractivity contribution in [3.05, 3.63) is 105 Å². The smallest absolute Gasteiger partial charge is 0.336 e. The van der Waals surface area contributed by atoms with Crippen LogP contribution >= 0.6 is 23.8 Å². The van der Waals surface area contributed by atoms with E-state index >= 15 is 0 Å². The Morgan fingerprint density at radius 1 is 1.06 bits per heavy atom. The minimum atomic E-state index is -0.989. The molecule has 2 heterocycles. The molecule has 0 saturated carbocycles. The summed E-state index contributed by atoms with van der Waals surface area (Å²) in [5.41, 5.74) is 4.34. The number of carbonyl (C=O) groups is 1. The number of hydrogen-bond donors (Lipinski definition) is 2. The van der Waals surface area contributed by atoms with Crippen LogP contribution in [0.25, 0.3) is 11.0 Å². The van der Waals surface area contributed by atoms with Gasteiger partial charge in [-0.05, 0) is 55.0 Å². The molecule has 0 bridgehead atoms. The van der Waals surface area contributed by atoms with Crippen LogP contribution in [0.4, 0.5) is 11.4 Å². The van der Waals surface area contributed by atoms with E-state index in [0.717, 1.165) is 22.1 Å². The Kier molecular flexibility index (Phi) is 6.30. The second-order valence-corrected chi connectivity index (χ2v) is 9.21. The molecule has 1 aliphatic rings. The van der Waals surface area contributed by atoms with E-state index in [-0.39, 0.29) is 11.0 Å². The first-order valence-corrected chi connectivity index (χ1v) is 11.9. The molecule has 7 nitrogen and oxygen atoms in total. The molecule has 0 saturated heterocycles. The number of benzodiazepines with no additional fused rings is 1. The predicted octanol–water partition coefficient (Wildman–Crippen LogP) is 4.88. The number of amides is 1. The average Bonchev–Trinajstić information content (AvgIpc) is 2.94. The fourth-order valence-corrected chi connectivity index (χ4v) is 4.56. The first-order valence-electron chi connectivity index (χ1n) is 11.1. The number of aryl methyl sites for hydroxylation is 1. The first kappa shape index (κ1) is 23.7. The van der Waals surface area contributed by atoms with E-state index in [1.54, 1.807) is 36.2 Å². The number of benzene rings is 3. The van der Waals surface area contributed by atoms with Gasteiger partial charge in [0.15, 0.2) is 5.11 Å². The monoisotopic (exact) mass is 516 g/mol. The zero-order chi connectivity index (χ0) is 25.4. The molecule has 1 aliphatic heterocycles. The lowest BCUT2D eigenvalue weighted by Crippen LogP contribution is -2.47. The van der Waals surface area contributed by atoms with Crippen molar-refractivity contribution < 1.29 is 9.21 Å². The van der Waals surface area contributed by atoms with Crippen LogP contribution in [0, 0.1) is 6.92 Å². The van der Waals surface area contributed by atoms with Gasteiger partial charge in [-0.25, -0.2) is 9.79 Å². The molecule has 4 aromatic rings. The Morgan fingerprint density at radius 3 is 2.61 bits per heavy atom. The zero-order valence-corrected chi connectivity index (χ0v) is 21.0. The van der Waals surface area contributed by atoms with E-state index < -0.39 is 11.8 Å². The van der Waals surface area contributed by atoms with Crippen LogP contribution in [-0.2, 0) is 4.79 Å². The largest absolute Gasteiger partial charge is 0.423 e. The molecule has 1 unspecified atom stereocenters. The van der Waals surface area contributed by atoms with Crippen LogP contribution in [0.3, 0.4) is 0 Å². The minimum Gasteiger partial charge on any atom is -0.423 e. The summed E-state index contributed by atoms with van der Waals surface area (Å²) in [4.78, 5) is 31.5. The predicted molar refractivity (Wildman–Crippen MR) is 147 cm³/mol. The lowest BCUT2D eigenvalue weighted by Gasteiger charge is -2.22. The third-order valence-corrected chi connectivity index (χ3v) is 6.38. The normalized spacial score (nSPS) is 15.2. The summed E-state index contributed by atoms with van der Waals surface area (Å²) in [7, 11) is 1.69. The molecule has 180 valence electrons. The number of fused-ring (bicyclic) bond motifs is 2. The first-order chi connectivity index (χ1) is 17.3. The second kappa shape index (κ2) is 9.56. The summed E-state index contributed by atoms with van der Waals surface area (Å²) in [6.07, 6.45) is -0.989. The number of aliphatic imine (C=N–C) groups is 1. The highest BCUT2D eigenvalue weighted by Gasteiger charge is 2.30. The molecule has 1 amide bonds. The summed E-state index contributed by atoms with van der Waals surface area (Å²) in [6, 6.07) is 21.7. The number of likely N-dealkylation sites (N-methyl/N-ethyl adjacent to an activating group) is 1. The maximum absolute atomic E-state index is 13.4. The number of thiocarbonyl (C=S) groups is 1. The fraction of sp³-hybridized carbons (Fsp3) is 0.111. The third kappa shape index (κ3) is 4.60. The van der Waals surface area contributed by atoms with Crippen molar-refractivity contribution in [2.75, 3.05) is 17.3 Å². The fourth-order valence-electron chi connectivity index (χ4n) is 4.16. The van der Waals surface area contributed by atoms with Gasteiger partial charge in [-0.3, -0.25) is 4.79 Å². The second-order valence-electron chi connectivity index (χ2n) is 8.36. The summed E-state index contributed by atoms with van der Waals surface area (Å²) in [6.45, 7) is 1.85. The van der Waals surface area contributed by atoms with Crippen molar-refractivity contribution in [2.24, 2.45) is 4.99 Å². The molecule has 0 aliphatic carbocycles. The van der Waals surface area contributed by atoms with Crippen molar-refractivity contribution in [3.63, 3.8) is 0 Å². The van der Waals surface area contributed by atoms with E-state index in [1.165, 1.54) is 6.07 Å². The molecule has 5 rings (SSSR count). The number of rotatable bonds is 3. The zero-order valence-electron chi connectivity index (χ0n) is 19.4. The molecular formula is C27H21ClN4O3S. The van der Waals surface area contributed by atoms with Crippen molar-refractivity contribution in [1.29, 1.82) is 0 Å². The molecule has 36 heavy (non-hydrogen) atoms. The van der Waals surface area contributed by atoms with Crippen molar-refractivity contribution in [3.8, 4) is 0 Å². The van der Waals surface area contributed by atoms with Gasteiger partial charge in [0.1, 0.15) is 5.58 Å². The molecule has 1 aromatic heterocycles. The van der Waals surface area contributed by atoms with E-state index in [0.29, 0.717) is 27.7 Å². The lowest BCUT2D eigenvalue weighted by molar-refractivity contribution is -0.119. The summed E-state index contributed by atoms with van der Waals surface area (Å²) < 4.78 is 5.32. The van der Waals surface area contributed by atoms with Gasteiger partial charge in [0, 0.05) is 46.4 Å². The van der Waals surface area contributed by atoms with E-state index in [2.05, 4.69) is 10.6 Å². The number of anilines is 2. The van der Waals surface area contributed by atoms with Crippen LogP contribution < -0.4 is 21.2 Å². The molecule has 0 fully saturated rings. The van der Waals surface area contributed by atoms with Crippen LogP contribution in [0.15, 0.2) is 87.0 Å². The summed E-state index contributed by atoms with van der Waals surface area (Å²) >= 11 is 11.8. The number of carbonyl (C=O) groups excluding carboxylic acids is 1. The number of nitrogens with zero attached hydrogens (tertiary/aromatic N) is 2. The van der Waals surface area contributed by atoms with Gasteiger partial charge in [-0.1, -0.05) is 41.9 Å². The quantitative estimate of drug-likeness (QED) is 0.298. The van der Waals surface area contributed by atoms with Gasteiger partial charge in [-0.2, -0.15) is 0 Å².